The maximum atomic E-state index is 13.1. The fourth-order valence-electron chi connectivity index (χ4n) is 0.938. The lowest BCUT2D eigenvalue weighted by Gasteiger charge is -2.06. The number of ether oxygens (including phenoxy) is 1. The van der Waals surface area contributed by atoms with Gasteiger partial charge in [0.15, 0.2) is 0 Å². The molecule has 0 aliphatic rings. The van der Waals surface area contributed by atoms with Gasteiger partial charge in [-0.05, 0) is 22.0 Å². The smallest absolute Gasteiger partial charge is 0.308 e. The van der Waals surface area contributed by atoms with E-state index in [2.05, 4.69) is 15.9 Å². The Labute approximate surface area is 105 Å². The average Bonchev–Trinajstić information content (AvgIpc) is 2.16. The van der Waals surface area contributed by atoms with Crippen LogP contribution in [-0.4, -0.2) is 18.1 Å². The lowest BCUT2D eigenvalue weighted by molar-refractivity contribution is -0.387. The first-order valence-corrected chi connectivity index (χ1v) is 4.82. The maximum Gasteiger partial charge on any atom is 0.308 e. The van der Waals surface area contributed by atoms with Crippen molar-refractivity contribution in [2.75, 3.05) is 13.2 Å². The van der Waals surface area contributed by atoms with Crippen molar-refractivity contribution >= 4 is 34.0 Å². The second-order valence-corrected chi connectivity index (χ2v) is 3.48. The maximum absolute atomic E-state index is 13.1. The van der Waals surface area contributed by atoms with E-state index in [1.54, 1.807) is 0 Å². The molecule has 0 aliphatic carbocycles. The molecule has 1 aromatic carbocycles. The summed E-state index contributed by atoms with van der Waals surface area (Å²) in [5.41, 5.74) is 4.59. The summed E-state index contributed by atoms with van der Waals surface area (Å²) in [6.07, 6.45) is 0. The number of halogens is 3. The number of rotatable bonds is 4. The third-order valence-electron chi connectivity index (χ3n) is 1.57. The molecule has 0 saturated heterocycles. The van der Waals surface area contributed by atoms with Crippen LogP contribution < -0.4 is 10.5 Å². The highest BCUT2D eigenvalue weighted by atomic mass is 79.9. The molecular formula is C8H9BrClFN2O3. The van der Waals surface area contributed by atoms with Crippen LogP contribution in [0.25, 0.3) is 0 Å². The summed E-state index contributed by atoms with van der Waals surface area (Å²) in [5, 5.41) is 10.4. The summed E-state index contributed by atoms with van der Waals surface area (Å²) in [6.45, 7) is 0.485. The zero-order chi connectivity index (χ0) is 11.4. The largest absolute Gasteiger partial charge is 0.491 e. The van der Waals surface area contributed by atoms with Gasteiger partial charge in [0.1, 0.15) is 12.4 Å². The van der Waals surface area contributed by atoms with E-state index in [0.717, 1.165) is 12.1 Å². The van der Waals surface area contributed by atoms with Crippen LogP contribution in [0.15, 0.2) is 16.6 Å². The van der Waals surface area contributed by atoms with E-state index in [1.165, 1.54) is 0 Å². The van der Waals surface area contributed by atoms with Gasteiger partial charge in [0.05, 0.1) is 15.5 Å². The molecule has 0 aromatic heterocycles. The van der Waals surface area contributed by atoms with Gasteiger partial charge < -0.3 is 10.5 Å². The van der Waals surface area contributed by atoms with Crippen LogP contribution in [0.2, 0.25) is 0 Å². The Bertz CT molecular complexity index is 392. The van der Waals surface area contributed by atoms with E-state index in [0.29, 0.717) is 4.47 Å². The number of hydrogen-bond acceptors (Lipinski definition) is 4. The summed E-state index contributed by atoms with van der Waals surface area (Å²) >= 11 is 3.03. The molecule has 0 spiro atoms. The standard InChI is InChI=1S/C8H8BrFN2O3.ClH/c9-5-3-6(10)7(12(13)14)4-8(5)15-2-1-11;/h3-4H,1-2,11H2;1H. The number of nitrogens with two attached hydrogens (primary N) is 1. The van der Waals surface area contributed by atoms with Crippen LogP contribution in [0, 0.1) is 15.9 Å². The monoisotopic (exact) mass is 314 g/mol. The van der Waals surface area contributed by atoms with Crippen molar-refractivity contribution in [3.05, 3.63) is 32.5 Å². The summed E-state index contributed by atoms with van der Waals surface area (Å²) in [6, 6.07) is 2.01. The molecule has 5 nitrogen and oxygen atoms in total. The predicted octanol–water partition coefficient (Wildman–Crippen LogP) is 2.26. The molecule has 0 heterocycles. The van der Waals surface area contributed by atoms with Crippen molar-refractivity contribution in [1.82, 2.24) is 0 Å². The van der Waals surface area contributed by atoms with Gasteiger partial charge in [0.25, 0.3) is 0 Å². The summed E-state index contributed by atoms with van der Waals surface area (Å²) < 4.78 is 18.5. The molecule has 0 aliphatic heterocycles. The van der Waals surface area contributed by atoms with E-state index in [-0.39, 0.29) is 31.3 Å². The lowest BCUT2D eigenvalue weighted by Crippen LogP contribution is -2.11. The second kappa shape index (κ2) is 6.62. The van der Waals surface area contributed by atoms with Crippen LogP contribution in [0.5, 0.6) is 5.75 Å². The zero-order valence-electron chi connectivity index (χ0n) is 7.98. The summed E-state index contributed by atoms with van der Waals surface area (Å²) in [4.78, 5) is 9.62. The van der Waals surface area contributed by atoms with E-state index >= 15 is 0 Å². The topological polar surface area (TPSA) is 78.4 Å². The molecule has 1 aromatic rings. The Kier molecular flexibility index (Phi) is 6.24. The first-order chi connectivity index (χ1) is 7.06. The van der Waals surface area contributed by atoms with Gasteiger partial charge in [-0.2, -0.15) is 4.39 Å². The third-order valence-corrected chi connectivity index (χ3v) is 2.19. The molecule has 90 valence electrons. The Morgan fingerprint density at radius 3 is 2.69 bits per heavy atom. The molecule has 1 rings (SSSR count). The Hall–Kier alpha value is -0.920. The van der Waals surface area contributed by atoms with Crippen LogP contribution in [-0.2, 0) is 0 Å². The number of nitrogens with zero attached hydrogens (tertiary/aromatic N) is 1. The van der Waals surface area contributed by atoms with E-state index in [4.69, 9.17) is 10.5 Å². The SMILES string of the molecule is Cl.NCCOc1cc([N+](=O)[O-])c(F)cc1Br. The highest BCUT2D eigenvalue weighted by Gasteiger charge is 2.17. The van der Waals surface area contributed by atoms with Crippen molar-refractivity contribution in [2.45, 2.75) is 0 Å². The van der Waals surface area contributed by atoms with Gasteiger partial charge in [0, 0.05) is 6.54 Å². The zero-order valence-corrected chi connectivity index (χ0v) is 10.4. The molecular weight excluding hydrogens is 306 g/mol. The van der Waals surface area contributed by atoms with Crippen molar-refractivity contribution in [2.24, 2.45) is 5.73 Å². The molecule has 0 bridgehead atoms. The van der Waals surface area contributed by atoms with Crippen LogP contribution in [0.1, 0.15) is 0 Å². The molecule has 2 N–H and O–H groups in total. The van der Waals surface area contributed by atoms with Gasteiger partial charge in [-0.1, -0.05) is 0 Å². The van der Waals surface area contributed by atoms with Gasteiger partial charge in [-0.15, -0.1) is 12.4 Å². The van der Waals surface area contributed by atoms with Crippen molar-refractivity contribution in [3.8, 4) is 5.75 Å². The van der Waals surface area contributed by atoms with Crippen LogP contribution in [0.4, 0.5) is 10.1 Å². The third kappa shape index (κ3) is 3.58. The molecule has 8 heteroatoms. The van der Waals surface area contributed by atoms with Crippen LogP contribution in [0.3, 0.4) is 0 Å². The normalized spacial score (nSPS) is 9.44. The Morgan fingerprint density at radius 1 is 1.56 bits per heavy atom. The molecule has 0 unspecified atom stereocenters. The van der Waals surface area contributed by atoms with Gasteiger partial charge in [0.2, 0.25) is 5.82 Å². The molecule has 0 atom stereocenters. The summed E-state index contributed by atoms with van der Waals surface area (Å²) in [5.74, 6) is -0.708. The van der Waals surface area contributed by atoms with Crippen LogP contribution >= 0.6 is 28.3 Å². The second-order valence-electron chi connectivity index (χ2n) is 2.63. The predicted molar refractivity (Wildman–Crippen MR) is 62.6 cm³/mol. The Balaban J connectivity index is 0.00000225. The van der Waals surface area contributed by atoms with E-state index in [9.17, 15) is 14.5 Å². The van der Waals surface area contributed by atoms with E-state index < -0.39 is 16.4 Å². The minimum absolute atomic E-state index is 0. The van der Waals surface area contributed by atoms with E-state index in [1.807, 2.05) is 0 Å². The Morgan fingerprint density at radius 2 is 2.19 bits per heavy atom. The minimum atomic E-state index is -0.910. The van der Waals surface area contributed by atoms with Crippen molar-refractivity contribution < 1.29 is 14.1 Å². The van der Waals surface area contributed by atoms with Gasteiger partial charge >= 0.3 is 5.69 Å². The molecule has 0 saturated carbocycles. The first kappa shape index (κ1) is 15.1. The number of nitro benzene ring substituents is 1. The van der Waals surface area contributed by atoms with Gasteiger partial charge in [-0.3, -0.25) is 10.1 Å². The molecule has 0 amide bonds. The number of hydrogen-bond donors (Lipinski definition) is 1. The first-order valence-electron chi connectivity index (χ1n) is 4.02. The lowest BCUT2D eigenvalue weighted by atomic mass is 10.3. The minimum Gasteiger partial charge on any atom is -0.491 e. The number of nitro groups is 1. The highest BCUT2D eigenvalue weighted by molar-refractivity contribution is 9.10. The molecule has 0 radical (unpaired) electrons. The molecule has 0 fully saturated rings. The summed E-state index contributed by atoms with van der Waals surface area (Å²) in [7, 11) is 0. The van der Waals surface area contributed by atoms with Crippen molar-refractivity contribution in [3.63, 3.8) is 0 Å². The number of benzene rings is 1. The van der Waals surface area contributed by atoms with Crippen molar-refractivity contribution in [1.29, 1.82) is 0 Å². The fourth-order valence-corrected chi connectivity index (χ4v) is 1.37. The quantitative estimate of drug-likeness (QED) is 0.683. The fraction of sp³-hybridized carbons (Fsp3) is 0.250. The average molecular weight is 316 g/mol. The van der Waals surface area contributed by atoms with Gasteiger partial charge in [-0.25, -0.2) is 0 Å². The highest BCUT2D eigenvalue weighted by Crippen LogP contribution is 2.31. The molecule has 16 heavy (non-hydrogen) atoms.